The standard InChI is InChI=1S/C17H13NO4/c1-10-6-13(21-11(2)19)8-14-16(10)17(20)15(22-14)7-12-4-3-5-18-9-12/h3-9H,1-2H3/b15-7-. The molecule has 2 heterocycles. The Morgan fingerprint density at radius 1 is 1.36 bits per heavy atom. The summed E-state index contributed by atoms with van der Waals surface area (Å²) in [5.41, 5.74) is 1.97. The SMILES string of the molecule is CC(=O)Oc1cc(C)c2c(c1)O/C(=C\c1cccnc1)C2=O. The number of Topliss-reactive ketones (excluding diaryl/α,β-unsaturated/α-hetero) is 1. The fraction of sp³-hybridized carbons (Fsp3) is 0.118. The van der Waals surface area contributed by atoms with Gasteiger partial charge in [0.25, 0.3) is 0 Å². The number of carbonyl (C=O) groups excluding carboxylic acids is 2. The largest absolute Gasteiger partial charge is 0.452 e. The van der Waals surface area contributed by atoms with E-state index in [1.165, 1.54) is 6.92 Å². The Labute approximate surface area is 127 Å². The van der Waals surface area contributed by atoms with Crippen LogP contribution in [0.25, 0.3) is 6.08 Å². The summed E-state index contributed by atoms with van der Waals surface area (Å²) in [4.78, 5) is 27.5. The van der Waals surface area contributed by atoms with Crippen molar-refractivity contribution in [2.75, 3.05) is 0 Å². The second-order valence-corrected chi connectivity index (χ2v) is 4.93. The molecule has 2 aromatic rings. The molecule has 1 aromatic carbocycles. The van der Waals surface area contributed by atoms with Crippen molar-refractivity contribution in [2.45, 2.75) is 13.8 Å². The Balaban J connectivity index is 1.98. The van der Waals surface area contributed by atoms with Crippen molar-refractivity contribution in [3.05, 3.63) is 59.1 Å². The maximum absolute atomic E-state index is 12.4. The molecule has 0 fully saturated rings. The van der Waals surface area contributed by atoms with Gasteiger partial charge in [-0.1, -0.05) is 6.07 Å². The fourth-order valence-electron chi connectivity index (χ4n) is 2.32. The number of aromatic nitrogens is 1. The number of carbonyl (C=O) groups is 2. The van der Waals surface area contributed by atoms with E-state index in [1.54, 1.807) is 43.6 Å². The van der Waals surface area contributed by atoms with Crippen LogP contribution in [-0.2, 0) is 4.79 Å². The Morgan fingerprint density at radius 2 is 2.18 bits per heavy atom. The van der Waals surface area contributed by atoms with Gasteiger partial charge in [0.15, 0.2) is 5.76 Å². The first-order valence-corrected chi connectivity index (χ1v) is 6.72. The summed E-state index contributed by atoms with van der Waals surface area (Å²) in [6.07, 6.45) is 4.94. The molecule has 0 N–H and O–H groups in total. The average Bonchev–Trinajstić information content (AvgIpc) is 2.76. The highest BCUT2D eigenvalue weighted by atomic mass is 16.5. The molecule has 5 nitrogen and oxygen atoms in total. The molecular weight excluding hydrogens is 282 g/mol. The van der Waals surface area contributed by atoms with E-state index in [0.29, 0.717) is 22.6 Å². The smallest absolute Gasteiger partial charge is 0.308 e. The van der Waals surface area contributed by atoms with Crippen LogP contribution in [0.2, 0.25) is 0 Å². The van der Waals surface area contributed by atoms with Crippen LogP contribution in [0.4, 0.5) is 0 Å². The third kappa shape index (κ3) is 2.61. The van der Waals surface area contributed by atoms with Crippen LogP contribution < -0.4 is 9.47 Å². The molecule has 0 saturated heterocycles. The first kappa shape index (κ1) is 14.0. The minimum Gasteiger partial charge on any atom is -0.452 e. The van der Waals surface area contributed by atoms with Gasteiger partial charge in [0.1, 0.15) is 11.5 Å². The zero-order valence-corrected chi connectivity index (χ0v) is 12.1. The van der Waals surface area contributed by atoms with Gasteiger partial charge in [-0.2, -0.15) is 0 Å². The second-order valence-electron chi connectivity index (χ2n) is 4.93. The van der Waals surface area contributed by atoms with E-state index in [1.807, 2.05) is 6.07 Å². The summed E-state index contributed by atoms with van der Waals surface area (Å²) >= 11 is 0. The molecule has 0 bridgehead atoms. The van der Waals surface area contributed by atoms with Crippen LogP contribution in [-0.4, -0.2) is 16.7 Å². The lowest BCUT2D eigenvalue weighted by atomic mass is 10.0. The van der Waals surface area contributed by atoms with Crippen molar-refractivity contribution in [2.24, 2.45) is 0 Å². The minimum absolute atomic E-state index is 0.189. The van der Waals surface area contributed by atoms with Crippen molar-refractivity contribution < 1.29 is 19.1 Å². The number of nitrogens with zero attached hydrogens (tertiary/aromatic N) is 1. The van der Waals surface area contributed by atoms with Gasteiger partial charge in [-0.15, -0.1) is 0 Å². The molecule has 3 rings (SSSR count). The molecule has 0 amide bonds. The van der Waals surface area contributed by atoms with E-state index in [9.17, 15) is 9.59 Å². The molecule has 0 atom stereocenters. The van der Waals surface area contributed by atoms with Gasteiger partial charge in [-0.25, -0.2) is 0 Å². The molecule has 110 valence electrons. The fourth-order valence-corrected chi connectivity index (χ4v) is 2.32. The topological polar surface area (TPSA) is 65.5 Å². The first-order chi connectivity index (χ1) is 10.5. The number of hydrogen-bond acceptors (Lipinski definition) is 5. The highest BCUT2D eigenvalue weighted by Crippen LogP contribution is 2.37. The van der Waals surface area contributed by atoms with E-state index in [2.05, 4.69) is 4.98 Å². The van der Waals surface area contributed by atoms with Crippen LogP contribution in [0.5, 0.6) is 11.5 Å². The quantitative estimate of drug-likeness (QED) is 0.484. The molecular formula is C17H13NO4. The van der Waals surface area contributed by atoms with Gasteiger partial charge in [0, 0.05) is 25.4 Å². The van der Waals surface area contributed by atoms with Gasteiger partial charge >= 0.3 is 5.97 Å². The molecule has 0 saturated carbocycles. The van der Waals surface area contributed by atoms with Crippen molar-refractivity contribution in [1.29, 1.82) is 0 Å². The molecule has 22 heavy (non-hydrogen) atoms. The van der Waals surface area contributed by atoms with Gasteiger partial charge < -0.3 is 9.47 Å². The molecule has 1 aromatic heterocycles. The van der Waals surface area contributed by atoms with E-state index < -0.39 is 5.97 Å². The summed E-state index contributed by atoms with van der Waals surface area (Å²) in [7, 11) is 0. The summed E-state index contributed by atoms with van der Waals surface area (Å²) < 4.78 is 10.7. The normalized spacial score (nSPS) is 14.6. The molecule has 1 aliphatic rings. The molecule has 5 heteroatoms. The molecule has 1 aliphatic heterocycles. The number of benzene rings is 1. The Kier molecular flexibility index (Phi) is 3.47. The highest BCUT2D eigenvalue weighted by Gasteiger charge is 2.30. The second kappa shape index (κ2) is 5.44. The average molecular weight is 295 g/mol. The number of ether oxygens (including phenoxy) is 2. The lowest BCUT2D eigenvalue weighted by molar-refractivity contribution is -0.131. The van der Waals surface area contributed by atoms with E-state index >= 15 is 0 Å². The number of esters is 1. The lowest BCUT2D eigenvalue weighted by Crippen LogP contribution is -2.02. The third-order valence-electron chi connectivity index (χ3n) is 3.19. The lowest BCUT2D eigenvalue weighted by Gasteiger charge is -2.05. The Hall–Kier alpha value is -2.95. The first-order valence-electron chi connectivity index (χ1n) is 6.72. The Bertz CT molecular complexity index is 794. The van der Waals surface area contributed by atoms with Crippen molar-refractivity contribution >= 4 is 17.8 Å². The predicted molar refractivity (Wildman–Crippen MR) is 79.7 cm³/mol. The van der Waals surface area contributed by atoms with Crippen LogP contribution >= 0.6 is 0 Å². The van der Waals surface area contributed by atoms with Crippen molar-refractivity contribution in [3.63, 3.8) is 0 Å². The summed E-state index contributed by atoms with van der Waals surface area (Å²) in [5, 5.41) is 0. The van der Waals surface area contributed by atoms with E-state index in [-0.39, 0.29) is 11.5 Å². The van der Waals surface area contributed by atoms with E-state index in [0.717, 1.165) is 5.56 Å². The summed E-state index contributed by atoms with van der Waals surface area (Å²) in [6, 6.07) is 6.81. The van der Waals surface area contributed by atoms with Crippen molar-refractivity contribution in [3.8, 4) is 11.5 Å². The van der Waals surface area contributed by atoms with Crippen LogP contribution in [0.15, 0.2) is 42.4 Å². The molecule has 0 aliphatic carbocycles. The molecule has 0 radical (unpaired) electrons. The maximum atomic E-state index is 12.4. The monoisotopic (exact) mass is 295 g/mol. The van der Waals surface area contributed by atoms with Gasteiger partial charge in [0.2, 0.25) is 5.78 Å². The zero-order chi connectivity index (χ0) is 15.7. The number of pyridine rings is 1. The van der Waals surface area contributed by atoms with Crippen LogP contribution in [0.3, 0.4) is 0 Å². The van der Waals surface area contributed by atoms with Gasteiger partial charge in [-0.3, -0.25) is 14.6 Å². The number of rotatable bonds is 2. The van der Waals surface area contributed by atoms with Gasteiger partial charge in [0.05, 0.1) is 5.56 Å². The highest BCUT2D eigenvalue weighted by molar-refractivity contribution is 6.15. The van der Waals surface area contributed by atoms with Crippen LogP contribution in [0.1, 0.15) is 28.4 Å². The predicted octanol–water partition coefficient (Wildman–Crippen LogP) is 2.93. The minimum atomic E-state index is -0.421. The van der Waals surface area contributed by atoms with E-state index in [4.69, 9.17) is 9.47 Å². The summed E-state index contributed by atoms with van der Waals surface area (Å²) in [5.74, 6) is 0.377. The zero-order valence-electron chi connectivity index (χ0n) is 12.1. The van der Waals surface area contributed by atoms with Crippen LogP contribution in [0, 0.1) is 6.92 Å². The summed E-state index contributed by atoms with van der Waals surface area (Å²) in [6.45, 7) is 3.10. The number of allylic oxidation sites excluding steroid dienone is 1. The maximum Gasteiger partial charge on any atom is 0.308 e. The molecule has 0 unspecified atom stereocenters. The number of aryl methyl sites for hydroxylation is 1. The number of ketones is 1. The Morgan fingerprint density at radius 3 is 2.86 bits per heavy atom. The van der Waals surface area contributed by atoms with Gasteiger partial charge in [-0.05, 0) is 36.3 Å². The van der Waals surface area contributed by atoms with Crippen molar-refractivity contribution in [1.82, 2.24) is 4.98 Å². The number of hydrogen-bond donors (Lipinski definition) is 0. The number of fused-ring (bicyclic) bond motifs is 1. The molecule has 0 spiro atoms. The third-order valence-corrected chi connectivity index (χ3v) is 3.19.